The summed E-state index contributed by atoms with van der Waals surface area (Å²) in [6.45, 7) is 10.1. The average Bonchev–Trinajstić information content (AvgIpc) is 2.24. The molecule has 3 atom stereocenters. The number of carbonyl (C=O) groups is 2. The molecule has 0 heterocycles. The summed E-state index contributed by atoms with van der Waals surface area (Å²) in [4.78, 5) is 23.0. The van der Waals surface area contributed by atoms with E-state index in [0.29, 0.717) is 12.8 Å². The predicted octanol–water partition coefficient (Wildman–Crippen LogP) is 4.04. The highest BCUT2D eigenvalue weighted by Crippen LogP contribution is 2.34. The van der Waals surface area contributed by atoms with Gasteiger partial charge in [-0.1, -0.05) is 53.9 Å². The van der Waals surface area contributed by atoms with Gasteiger partial charge in [-0.15, -0.1) is 0 Å². The van der Waals surface area contributed by atoms with Crippen molar-refractivity contribution in [2.45, 2.75) is 66.7 Å². The zero-order valence-corrected chi connectivity index (χ0v) is 13.5. The molecule has 0 aliphatic rings. The zero-order chi connectivity index (χ0) is 15.9. The lowest BCUT2D eigenvalue weighted by atomic mass is 9.73. The zero-order valence-electron chi connectivity index (χ0n) is 13.5. The third kappa shape index (κ3) is 6.92. The van der Waals surface area contributed by atoms with E-state index in [1.807, 2.05) is 13.8 Å². The predicted molar refractivity (Wildman–Crippen MR) is 79.6 cm³/mol. The van der Waals surface area contributed by atoms with Crippen LogP contribution in [0.3, 0.4) is 0 Å². The van der Waals surface area contributed by atoms with E-state index in [2.05, 4.69) is 20.8 Å². The maximum Gasteiger partial charge on any atom is 0.307 e. The smallest absolute Gasteiger partial charge is 0.307 e. The largest absolute Gasteiger partial charge is 0.481 e. The molecule has 3 unspecified atom stereocenters. The molecule has 0 aliphatic heterocycles. The summed E-state index contributed by atoms with van der Waals surface area (Å²) < 4.78 is 0. The quantitative estimate of drug-likeness (QED) is 0.627. The van der Waals surface area contributed by atoms with Gasteiger partial charge in [0.1, 0.15) is 0 Å². The SMILES string of the molecule is CCCCCC(C(=O)O)C(C(=O)O)C(C)CC(C)(C)C. The van der Waals surface area contributed by atoms with Gasteiger partial charge in [-0.05, 0) is 24.2 Å². The van der Waals surface area contributed by atoms with Crippen LogP contribution >= 0.6 is 0 Å². The summed E-state index contributed by atoms with van der Waals surface area (Å²) in [5, 5.41) is 18.8. The van der Waals surface area contributed by atoms with Gasteiger partial charge in [0.2, 0.25) is 0 Å². The molecule has 4 heteroatoms. The molecule has 0 saturated carbocycles. The summed E-state index contributed by atoms with van der Waals surface area (Å²) in [6, 6.07) is 0. The highest BCUT2D eigenvalue weighted by molar-refractivity contribution is 5.80. The van der Waals surface area contributed by atoms with E-state index in [4.69, 9.17) is 0 Å². The van der Waals surface area contributed by atoms with Gasteiger partial charge >= 0.3 is 11.9 Å². The van der Waals surface area contributed by atoms with Gasteiger partial charge in [0.25, 0.3) is 0 Å². The molecule has 2 N–H and O–H groups in total. The van der Waals surface area contributed by atoms with Crippen molar-refractivity contribution in [3.63, 3.8) is 0 Å². The molecule has 0 radical (unpaired) electrons. The van der Waals surface area contributed by atoms with Crippen LogP contribution in [0.4, 0.5) is 0 Å². The van der Waals surface area contributed by atoms with Crippen molar-refractivity contribution in [1.29, 1.82) is 0 Å². The second kappa shape index (κ2) is 8.28. The summed E-state index contributed by atoms with van der Waals surface area (Å²) >= 11 is 0. The van der Waals surface area contributed by atoms with Crippen molar-refractivity contribution in [2.75, 3.05) is 0 Å². The molecular weight excluding hydrogens is 256 g/mol. The highest BCUT2D eigenvalue weighted by atomic mass is 16.4. The molecule has 0 rings (SSSR count). The van der Waals surface area contributed by atoms with Crippen molar-refractivity contribution in [3.05, 3.63) is 0 Å². The number of hydrogen-bond donors (Lipinski definition) is 2. The van der Waals surface area contributed by atoms with Crippen LogP contribution in [0.25, 0.3) is 0 Å². The van der Waals surface area contributed by atoms with E-state index in [9.17, 15) is 19.8 Å². The van der Waals surface area contributed by atoms with E-state index in [1.54, 1.807) is 0 Å². The van der Waals surface area contributed by atoms with E-state index >= 15 is 0 Å². The number of aliphatic carboxylic acids is 2. The van der Waals surface area contributed by atoms with Crippen molar-refractivity contribution in [3.8, 4) is 0 Å². The maximum absolute atomic E-state index is 11.5. The van der Waals surface area contributed by atoms with Crippen molar-refractivity contribution < 1.29 is 19.8 Å². The van der Waals surface area contributed by atoms with E-state index in [1.165, 1.54) is 0 Å². The number of carboxylic acid groups (broad SMARTS) is 2. The van der Waals surface area contributed by atoms with Crippen LogP contribution in [0, 0.1) is 23.2 Å². The van der Waals surface area contributed by atoms with E-state index in [0.717, 1.165) is 19.3 Å². The lowest BCUT2D eigenvalue weighted by Crippen LogP contribution is -2.36. The summed E-state index contributed by atoms with van der Waals surface area (Å²) in [7, 11) is 0. The molecule has 0 aliphatic carbocycles. The lowest BCUT2D eigenvalue weighted by Gasteiger charge is -2.30. The number of carboxylic acids is 2. The Morgan fingerprint density at radius 2 is 1.60 bits per heavy atom. The van der Waals surface area contributed by atoms with Crippen molar-refractivity contribution in [2.24, 2.45) is 23.2 Å². The molecule has 0 bridgehead atoms. The van der Waals surface area contributed by atoms with Crippen LogP contribution in [0.2, 0.25) is 0 Å². The Morgan fingerprint density at radius 3 is 1.95 bits per heavy atom. The molecule has 0 aromatic carbocycles. The minimum atomic E-state index is -0.981. The van der Waals surface area contributed by atoms with E-state index in [-0.39, 0.29) is 11.3 Å². The van der Waals surface area contributed by atoms with Gasteiger partial charge in [-0.3, -0.25) is 9.59 Å². The first-order valence-electron chi connectivity index (χ1n) is 7.55. The van der Waals surface area contributed by atoms with Crippen LogP contribution < -0.4 is 0 Å². The molecule has 0 amide bonds. The molecule has 118 valence electrons. The van der Waals surface area contributed by atoms with Crippen molar-refractivity contribution in [1.82, 2.24) is 0 Å². The van der Waals surface area contributed by atoms with Crippen LogP contribution in [0.1, 0.15) is 66.7 Å². The molecule has 0 saturated heterocycles. The molecule has 20 heavy (non-hydrogen) atoms. The first kappa shape index (κ1) is 18.9. The van der Waals surface area contributed by atoms with Gasteiger partial charge in [-0.25, -0.2) is 0 Å². The standard InChI is InChI=1S/C16H30O4/c1-6-7-8-9-12(14(17)18)13(15(19)20)11(2)10-16(3,4)5/h11-13H,6-10H2,1-5H3,(H,17,18)(H,19,20). The van der Waals surface area contributed by atoms with Gasteiger partial charge < -0.3 is 10.2 Å². The van der Waals surface area contributed by atoms with Gasteiger partial charge in [0, 0.05) is 0 Å². The second-order valence-electron chi connectivity index (χ2n) is 7.05. The Kier molecular flexibility index (Phi) is 7.84. The van der Waals surface area contributed by atoms with Crippen LogP contribution in [0.5, 0.6) is 0 Å². The van der Waals surface area contributed by atoms with Crippen molar-refractivity contribution >= 4 is 11.9 Å². The fraction of sp³-hybridized carbons (Fsp3) is 0.875. The van der Waals surface area contributed by atoms with E-state index < -0.39 is 23.8 Å². The Hall–Kier alpha value is -1.06. The van der Waals surface area contributed by atoms with Crippen LogP contribution in [-0.4, -0.2) is 22.2 Å². The summed E-state index contributed by atoms with van der Waals surface area (Å²) in [6.07, 6.45) is 3.89. The number of hydrogen-bond acceptors (Lipinski definition) is 2. The Labute approximate surface area is 122 Å². The Bertz CT molecular complexity index is 317. The fourth-order valence-electron chi connectivity index (χ4n) is 2.98. The molecule has 4 nitrogen and oxygen atoms in total. The monoisotopic (exact) mass is 286 g/mol. The summed E-state index contributed by atoms with van der Waals surface area (Å²) in [5.74, 6) is -3.69. The lowest BCUT2D eigenvalue weighted by molar-refractivity contribution is -0.156. The van der Waals surface area contributed by atoms with Gasteiger partial charge in [0.15, 0.2) is 0 Å². The highest BCUT2D eigenvalue weighted by Gasteiger charge is 2.38. The van der Waals surface area contributed by atoms with Gasteiger partial charge in [-0.2, -0.15) is 0 Å². The fourth-order valence-corrected chi connectivity index (χ4v) is 2.98. The van der Waals surface area contributed by atoms with Gasteiger partial charge in [0.05, 0.1) is 11.8 Å². The summed E-state index contributed by atoms with van der Waals surface area (Å²) in [5.41, 5.74) is -0.000408. The first-order valence-corrected chi connectivity index (χ1v) is 7.55. The van der Waals surface area contributed by atoms with Crippen LogP contribution in [-0.2, 0) is 9.59 Å². The third-order valence-electron chi connectivity index (χ3n) is 3.70. The third-order valence-corrected chi connectivity index (χ3v) is 3.70. The second-order valence-corrected chi connectivity index (χ2v) is 7.05. The molecule has 0 spiro atoms. The molecular formula is C16H30O4. The minimum Gasteiger partial charge on any atom is -0.481 e. The topological polar surface area (TPSA) is 74.6 Å². The Balaban J connectivity index is 4.98. The number of rotatable bonds is 9. The molecule has 0 aromatic rings. The molecule has 0 aromatic heterocycles. The average molecular weight is 286 g/mol. The minimum absolute atomic E-state index is 0.000408. The normalized spacial score (nSPS) is 16.4. The van der Waals surface area contributed by atoms with Crippen LogP contribution in [0.15, 0.2) is 0 Å². The molecule has 0 fully saturated rings. The Morgan fingerprint density at radius 1 is 1.05 bits per heavy atom. The number of unbranched alkanes of at least 4 members (excludes halogenated alkanes) is 2. The maximum atomic E-state index is 11.5. The first-order chi connectivity index (χ1) is 9.10.